The van der Waals surface area contributed by atoms with Crippen LogP contribution in [0.2, 0.25) is 0 Å². The third-order valence-corrected chi connectivity index (χ3v) is 15.1. The first-order chi connectivity index (χ1) is 25.9. The third kappa shape index (κ3) is 9.96. The topological polar surface area (TPSA) is 102 Å². The monoisotopic (exact) mass is 737 g/mol. The number of amides is 3. The summed E-state index contributed by atoms with van der Waals surface area (Å²) in [5.41, 5.74) is 3.69. The molecule has 298 valence electrons. The number of rotatable bonds is 12. The maximum absolute atomic E-state index is 13.2. The summed E-state index contributed by atoms with van der Waals surface area (Å²) < 4.78 is 6.60. The van der Waals surface area contributed by atoms with Crippen LogP contribution in [0.1, 0.15) is 142 Å². The van der Waals surface area contributed by atoms with E-state index in [1.54, 1.807) is 4.90 Å². The van der Waals surface area contributed by atoms with Gasteiger partial charge in [0.2, 0.25) is 17.7 Å². The smallest absolute Gasteiger partial charge is 0.249 e. The van der Waals surface area contributed by atoms with Gasteiger partial charge in [0.1, 0.15) is 6.04 Å². The van der Waals surface area contributed by atoms with E-state index in [0.717, 1.165) is 83.3 Å². The summed E-state index contributed by atoms with van der Waals surface area (Å²) in [5, 5.41) is 12.7. The van der Waals surface area contributed by atoms with Crippen LogP contribution in [-0.2, 0) is 19.1 Å². The van der Waals surface area contributed by atoms with Crippen LogP contribution in [0.5, 0.6) is 0 Å². The van der Waals surface area contributed by atoms with Crippen LogP contribution in [0.3, 0.4) is 0 Å². The summed E-state index contributed by atoms with van der Waals surface area (Å²) >= 11 is 0. The van der Waals surface area contributed by atoms with Crippen LogP contribution >= 0.6 is 0 Å². The molecule has 4 aliphatic carbocycles. The molecule has 4 unspecified atom stereocenters. The molecule has 53 heavy (non-hydrogen) atoms. The van der Waals surface area contributed by atoms with Gasteiger partial charge < -0.3 is 19.6 Å². The van der Waals surface area contributed by atoms with Crippen molar-refractivity contribution in [2.75, 3.05) is 52.4 Å². The fraction of sp³-hybridized carbons (Fsp3) is 0.886. The minimum absolute atomic E-state index is 0.0625. The van der Waals surface area contributed by atoms with E-state index in [4.69, 9.17) is 4.74 Å². The molecular formula is C44H72N4O5. The zero-order valence-electron chi connectivity index (χ0n) is 33.1. The molecule has 9 heteroatoms. The van der Waals surface area contributed by atoms with E-state index < -0.39 is 6.04 Å². The van der Waals surface area contributed by atoms with Crippen molar-refractivity contribution >= 4 is 17.7 Å². The Morgan fingerprint density at radius 3 is 2.15 bits per heavy atom. The number of allylic oxidation sites excluding steroid dienone is 2. The highest BCUT2D eigenvalue weighted by Crippen LogP contribution is 2.46. The molecule has 2 N–H and O–H groups in total. The Morgan fingerprint density at radius 1 is 0.755 bits per heavy atom. The molecule has 7 aliphatic rings. The van der Waals surface area contributed by atoms with E-state index in [2.05, 4.69) is 22.0 Å². The number of aliphatic hydroxyl groups excluding tert-OH is 1. The van der Waals surface area contributed by atoms with Gasteiger partial charge in [0.15, 0.2) is 0 Å². The van der Waals surface area contributed by atoms with E-state index in [1.165, 1.54) is 96.4 Å². The van der Waals surface area contributed by atoms with E-state index in [-0.39, 0.29) is 29.7 Å². The van der Waals surface area contributed by atoms with Gasteiger partial charge in [-0.25, -0.2) is 0 Å². The maximum Gasteiger partial charge on any atom is 0.249 e. The molecule has 0 bridgehead atoms. The van der Waals surface area contributed by atoms with Gasteiger partial charge in [-0.15, -0.1) is 0 Å². The Morgan fingerprint density at radius 2 is 1.45 bits per heavy atom. The predicted octanol–water partition coefficient (Wildman–Crippen LogP) is 6.48. The van der Waals surface area contributed by atoms with Crippen LogP contribution in [-0.4, -0.2) is 108 Å². The molecule has 3 saturated heterocycles. The fourth-order valence-corrected chi connectivity index (χ4v) is 12.1. The van der Waals surface area contributed by atoms with Gasteiger partial charge in [-0.2, -0.15) is 0 Å². The van der Waals surface area contributed by atoms with Crippen molar-refractivity contribution in [2.24, 2.45) is 35.5 Å². The minimum atomic E-state index is -0.465. The number of piperidine rings is 1. The quantitative estimate of drug-likeness (QED) is 0.175. The SMILES string of the molecule is CC/C(=C(\C1CCC(O)CC1)C1CCC(OCCN2CCCN(CCC3CCC4C(=O)N(C5CCC(=O)NC5=O)CC4C3)CC2)CC1)C1CCCCC1. The van der Waals surface area contributed by atoms with E-state index in [0.29, 0.717) is 43.2 Å². The van der Waals surface area contributed by atoms with Crippen molar-refractivity contribution in [3.05, 3.63) is 11.1 Å². The van der Waals surface area contributed by atoms with E-state index in [9.17, 15) is 19.5 Å². The second-order valence-electron chi connectivity index (χ2n) is 18.3. The largest absolute Gasteiger partial charge is 0.393 e. The molecule has 0 radical (unpaired) electrons. The van der Waals surface area contributed by atoms with Crippen molar-refractivity contribution in [1.29, 1.82) is 0 Å². The fourth-order valence-electron chi connectivity index (χ4n) is 12.1. The summed E-state index contributed by atoms with van der Waals surface area (Å²) in [6, 6.07) is -0.465. The van der Waals surface area contributed by atoms with Crippen molar-refractivity contribution in [1.82, 2.24) is 20.0 Å². The van der Waals surface area contributed by atoms with Gasteiger partial charge in [0.25, 0.3) is 0 Å². The number of carbonyl (C=O) groups excluding carboxylic acids is 3. The number of aliphatic hydroxyl groups is 1. The van der Waals surface area contributed by atoms with Crippen molar-refractivity contribution in [3.8, 4) is 0 Å². The Hall–Kier alpha value is -1.81. The minimum Gasteiger partial charge on any atom is -0.393 e. The van der Waals surface area contributed by atoms with Gasteiger partial charge in [0.05, 0.1) is 18.8 Å². The summed E-state index contributed by atoms with van der Waals surface area (Å²) in [6.07, 6.45) is 24.2. The summed E-state index contributed by atoms with van der Waals surface area (Å²) in [6.45, 7) is 10.7. The second-order valence-corrected chi connectivity index (χ2v) is 18.3. The average molecular weight is 737 g/mol. The Labute approximate surface area is 320 Å². The van der Waals surface area contributed by atoms with Crippen molar-refractivity contribution in [3.63, 3.8) is 0 Å². The second kappa shape index (κ2) is 18.9. The first-order valence-electron chi connectivity index (χ1n) is 22.5. The lowest BCUT2D eigenvalue weighted by Crippen LogP contribution is -2.53. The van der Waals surface area contributed by atoms with Gasteiger partial charge in [-0.3, -0.25) is 24.6 Å². The summed E-state index contributed by atoms with van der Waals surface area (Å²) in [7, 11) is 0. The molecule has 0 spiro atoms. The zero-order chi connectivity index (χ0) is 36.7. The van der Waals surface area contributed by atoms with Crippen molar-refractivity contribution in [2.45, 2.75) is 160 Å². The summed E-state index contributed by atoms with van der Waals surface area (Å²) in [5.74, 6) is 2.94. The highest BCUT2D eigenvalue weighted by Gasteiger charge is 2.48. The van der Waals surface area contributed by atoms with Crippen molar-refractivity contribution < 1.29 is 24.2 Å². The molecule has 3 heterocycles. The zero-order valence-corrected chi connectivity index (χ0v) is 33.1. The van der Waals surface area contributed by atoms with Gasteiger partial charge in [0, 0.05) is 38.5 Å². The highest BCUT2D eigenvalue weighted by atomic mass is 16.5. The number of nitrogens with one attached hydrogen (secondary N) is 1. The molecule has 3 amide bonds. The van der Waals surface area contributed by atoms with Gasteiger partial charge in [-0.1, -0.05) is 37.3 Å². The molecule has 0 aromatic carbocycles. The molecule has 7 rings (SSSR count). The first kappa shape index (κ1) is 39.4. The maximum atomic E-state index is 13.2. The molecule has 7 fully saturated rings. The number of carbonyl (C=O) groups is 3. The van der Waals surface area contributed by atoms with Crippen LogP contribution in [0, 0.1) is 35.5 Å². The number of hydrogen-bond acceptors (Lipinski definition) is 7. The van der Waals surface area contributed by atoms with Crippen LogP contribution in [0.25, 0.3) is 0 Å². The number of likely N-dealkylation sites (tertiary alicyclic amines) is 1. The molecule has 0 aromatic rings. The first-order valence-corrected chi connectivity index (χ1v) is 22.5. The number of nitrogens with zero attached hydrogens (tertiary/aromatic N) is 3. The number of fused-ring (bicyclic) bond motifs is 1. The molecule has 3 aliphatic heterocycles. The molecule has 0 aromatic heterocycles. The average Bonchev–Trinajstić information content (AvgIpc) is 3.32. The summed E-state index contributed by atoms with van der Waals surface area (Å²) in [4.78, 5) is 44.4. The van der Waals surface area contributed by atoms with Crippen LogP contribution < -0.4 is 5.32 Å². The number of hydrogen-bond donors (Lipinski definition) is 2. The van der Waals surface area contributed by atoms with E-state index >= 15 is 0 Å². The molecule has 4 atom stereocenters. The lowest BCUT2D eigenvalue weighted by atomic mass is 9.68. The lowest BCUT2D eigenvalue weighted by molar-refractivity contribution is -0.144. The number of ether oxygens (including phenoxy) is 1. The Kier molecular flexibility index (Phi) is 14.0. The van der Waals surface area contributed by atoms with Gasteiger partial charge in [-0.05, 0) is 158 Å². The third-order valence-electron chi connectivity index (χ3n) is 15.1. The van der Waals surface area contributed by atoms with Crippen LogP contribution in [0.4, 0.5) is 0 Å². The van der Waals surface area contributed by atoms with E-state index in [1.807, 2.05) is 11.1 Å². The molecule has 9 nitrogen and oxygen atoms in total. The normalized spacial score (nSPS) is 36.2. The Bertz CT molecular complexity index is 1270. The molecular weight excluding hydrogens is 665 g/mol. The van der Waals surface area contributed by atoms with Gasteiger partial charge >= 0.3 is 0 Å². The highest BCUT2D eigenvalue weighted by molar-refractivity contribution is 6.02. The lowest BCUT2D eigenvalue weighted by Gasteiger charge is -2.39. The number of imide groups is 1. The Balaban J connectivity index is 0.811. The molecule has 4 saturated carbocycles. The van der Waals surface area contributed by atoms with Crippen LogP contribution in [0.15, 0.2) is 11.1 Å². The predicted molar refractivity (Wildman–Crippen MR) is 208 cm³/mol. The standard InChI is InChI=1S/C44H72N4O5/c1-2-38(32-7-4-3-5-8-32)42(33-10-14-36(49)15-11-33)34-12-16-37(17-13-34)53-28-27-47-23-6-22-46(25-26-47)24-21-31-9-18-39-35(29-31)30-48(44(39)52)40-19-20-41(50)45-43(40)51/h31-37,39-40,49H,2-30H2,1H3,(H,45,50,51)/b42-38-.